The molecular formula is C69H97N11O18S2. The third-order valence-electron chi connectivity index (χ3n) is 18.3. The molecule has 3 aromatic rings. The van der Waals surface area contributed by atoms with E-state index < -0.39 is 216 Å². The molecule has 1 aromatic heterocycles. The summed E-state index contributed by atoms with van der Waals surface area (Å²) >= 11 is 1.38. The molecule has 7 rings (SSSR count). The number of carbonyl (C=O) groups excluding carboxylic acids is 14. The molecule has 5 heterocycles. The van der Waals surface area contributed by atoms with Crippen molar-refractivity contribution in [1.82, 2.24) is 52.0 Å². The number of aliphatic hydroxyl groups is 3. The van der Waals surface area contributed by atoms with Gasteiger partial charge in [-0.2, -0.15) is 0 Å². The number of amides is 11. The van der Waals surface area contributed by atoms with Crippen molar-refractivity contribution < 1.29 is 86.7 Å². The maximum Gasteiger partial charge on any atom is 0.243 e. The molecular weight excluding hydrogens is 1330 g/mol. The number of Topliss-reactive ketones (excluding diaryl/α,β-unsaturated/α-hetero) is 3. The number of benzene rings is 2. The Hall–Kier alpha value is -8.26. The number of H-pyrrole nitrogens is 1. The summed E-state index contributed by atoms with van der Waals surface area (Å²) in [6, 6.07) is 5.57. The van der Waals surface area contributed by atoms with E-state index in [-0.39, 0.29) is 79.3 Å². The topological polar surface area (TPSA) is 435 Å². The fourth-order valence-corrected chi connectivity index (χ4v) is 15.2. The van der Waals surface area contributed by atoms with Crippen LogP contribution >= 0.6 is 11.8 Å². The van der Waals surface area contributed by atoms with E-state index in [1.54, 1.807) is 71.0 Å². The van der Waals surface area contributed by atoms with Crippen molar-refractivity contribution in [3.05, 3.63) is 59.7 Å². The van der Waals surface area contributed by atoms with Gasteiger partial charge in [-0.15, -0.1) is 11.8 Å². The molecule has 12 N–H and O–H groups in total. The molecule has 11 amide bonds. The fraction of sp³-hybridized carbons (Fsp3) is 0.594. The number of aromatic amines is 1. The van der Waals surface area contributed by atoms with Gasteiger partial charge in [0.2, 0.25) is 65.0 Å². The van der Waals surface area contributed by atoms with Crippen molar-refractivity contribution in [3.63, 3.8) is 0 Å². The molecule has 2 bridgehead atoms. The van der Waals surface area contributed by atoms with Crippen LogP contribution in [0.4, 0.5) is 5.69 Å². The van der Waals surface area contributed by atoms with E-state index in [1.165, 1.54) is 30.8 Å². The van der Waals surface area contributed by atoms with Crippen LogP contribution in [-0.4, -0.2) is 208 Å². The Morgan fingerprint density at radius 3 is 2.09 bits per heavy atom. The van der Waals surface area contributed by atoms with Gasteiger partial charge in [-0.1, -0.05) is 106 Å². The van der Waals surface area contributed by atoms with Gasteiger partial charge in [-0.3, -0.25) is 76.2 Å². The third kappa shape index (κ3) is 21.4. The average Bonchev–Trinajstić information content (AvgIpc) is 1.61. The second-order valence-corrected chi connectivity index (χ2v) is 31.0. The Bertz CT molecular complexity index is 3590. The third-order valence-corrected chi connectivity index (χ3v) is 21.1. The number of carbonyl (C=O) groups is 14. The van der Waals surface area contributed by atoms with Gasteiger partial charge in [0.1, 0.15) is 17.1 Å². The molecule has 0 saturated carbocycles. The fourth-order valence-electron chi connectivity index (χ4n) is 12.4. The van der Waals surface area contributed by atoms with E-state index in [4.69, 9.17) is 0 Å². The molecule has 2 fully saturated rings. The van der Waals surface area contributed by atoms with E-state index in [2.05, 4.69) is 47.5 Å². The lowest BCUT2D eigenvalue weighted by Crippen LogP contribution is -2.56. The average molecular weight is 1430 g/mol. The lowest BCUT2D eigenvalue weighted by atomic mass is 9.85. The minimum absolute atomic E-state index is 0. The minimum atomic E-state index is -2.32. The van der Waals surface area contributed by atoms with E-state index >= 15 is 13.8 Å². The lowest BCUT2D eigenvalue weighted by Gasteiger charge is -2.32. The van der Waals surface area contributed by atoms with Gasteiger partial charge < -0.3 is 67.7 Å². The van der Waals surface area contributed by atoms with Gasteiger partial charge >= 0.3 is 0 Å². The van der Waals surface area contributed by atoms with E-state index in [9.17, 15) is 72.9 Å². The number of rotatable bonds is 20. The van der Waals surface area contributed by atoms with Gasteiger partial charge in [-0.05, 0) is 47.6 Å². The first-order valence-electron chi connectivity index (χ1n) is 33.4. The van der Waals surface area contributed by atoms with Crippen LogP contribution in [0.2, 0.25) is 0 Å². The summed E-state index contributed by atoms with van der Waals surface area (Å²) in [6.45, 7) is 12.4. The molecule has 31 heteroatoms. The quantitative estimate of drug-likeness (QED) is 0.0694. The predicted molar refractivity (Wildman–Crippen MR) is 370 cm³/mol. The first kappa shape index (κ1) is 80.7. The Balaban J connectivity index is 0.0000157. The Morgan fingerprint density at radius 1 is 0.780 bits per heavy atom. The van der Waals surface area contributed by atoms with E-state index in [0.717, 1.165) is 9.80 Å². The predicted octanol–water partition coefficient (Wildman–Crippen LogP) is 0.747. The second-order valence-electron chi connectivity index (χ2n) is 27.5. The molecule has 0 aliphatic carbocycles. The highest BCUT2D eigenvalue weighted by atomic mass is 32.2. The van der Waals surface area contributed by atoms with Gasteiger partial charge in [0.15, 0.2) is 17.3 Å². The van der Waals surface area contributed by atoms with Crippen LogP contribution in [0.1, 0.15) is 132 Å². The van der Waals surface area contributed by atoms with Crippen molar-refractivity contribution in [2.45, 2.75) is 192 Å². The summed E-state index contributed by atoms with van der Waals surface area (Å²) in [5.41, 5.74) is 1.42. The van der Waals surface area contributed by atoms with Crippen LogP contribution in [-0.2, 0) is 90.9 Å². The second kappa shape index (κ2) is 35.9. The van der Waals surface area contributed by atoms with Gasteiger partial charge in [-0.25, -0.2) is 0 Å². The Morgan fingerprint density at radius 2 is 1.44 bits per heavy atom. The molecule has 2 unspecified atom stereocenters. The smallest absolute Gasteiger partial charge is 0.243 e. The van der Waals surface area contributed by atoms with Gasteiger partial charge in [0.05, 0.1) is 77.8 Å². The molecule has 548 valence electrons. The monoisotopic (exact) mass is 1430 g/mol. The summed E-state index contributed by atoms with van der Waals surface area (Å²) in [4.78, 5) is 201. The van der Waals surface area contributed by atoms with Gasteiger partial charge in [0.25, 0.3) is 0 Å². The zero-order valence-electron chi connectivity index (χ0n) is 57.2. The molecule has 100 heavy (non-hydrogen) atoms. The van der Waals surface area contributed by atoms with Crippen molar-refractivity contribution in [2.75, 3.05) is 43.9 Å². The maximum absolute atomic E-state index is 15.1. The standard InChI is InChI=1S/C68H93N11O18S2.CH4/c1-10-35(4)59-64(94)71-29-55(88)73-46-33-99(97)65-44(43-13-11-12-14-45(43)74-65)22-39(62(92)70-30-56(89)76-59)23-50(84)60(37(6)51(85)32-80)77-63(93)47-26-42(81)31-79(47)66(95)40(24-48(46)82)25-54(87)69-28-38-15-17-41(18-16-38)72-61(91)36(5)21-49(83)58(34(2)3)75-53(86)19-20-78-57(90)27-52(67(78)96)98-68(7,8)9;/h11-18,34-37,39-40,42,46-47,51-52,58-60,74,80-81,85H,10,19-33H2,1-9H3,(H,69,87)(H,70,92)(H,71,94)(H,72,91)(H,73,88)(H,75,86)(H,76,89)(H,77,93);1H4/t35-,36+,37-,39+,40-,42+,46-,47-,51-,52?,58-,59-,60-,99?;/m0./s1. The number of aromatic nitrogens is 1. The highest BCUT2D eigenvalue weighted by Gasteiger charge is 2.46. The molecule has 0 radical (unpaired) electrons. The number of imide groups is 1. The highest BCUT2D eigenvalue weighted by molar-refractivity contribution is 8.01. The van der Waals surface area contributed by atoms with Gasteiger partial charge in [0, 0.05) is 104 Å². The number of fused-ring (bicyclic) bond motifs is 5. The number of hydrogen-bond donors (Lipinski definition) is 12. The lowest BCUT2D eigenvalue weighted by molar-refractivity contribution is -0.145. The van der Waals surface area contributed by atoms with Crippen LogP contribution in [0.5, 0.6) is 0 Å². The summed E-state index contributed by atoms with van der Waals surface area (Å²) in [6.07, 6.45) is -6.22. The normalized spacial score (nSPS) is 24.8. The number of aliphatic hydroxyl groups excluding tert-OH is 3. The number of hydrogen-bond acceptors (Lipinski definition) is 19. The molecule has 14 atom stereocenters. The number of ketones is 3. The Kier molecular flexibility index (Phi) is 28.9. The zero-order valence-corrected chi connectivity index (χ0v) is 58.8. The summed E-state index contributed by atoms with van der Waals surface area (Å²) < 4.78 is 14.8. The molecule has 0 spiro atoms. The molecule has 2 aromatic carbocycles. The number of likely N-dealkylation sites (tertiary alicyclic amines) is 1. The zero-order chi connectivity index (χ0) is 72.9. The number of thioether (sulfide) groups is 1. The van der Waals surface area contributed by atoms with Crippen LogP contribution in [0.25, 0.3) is 10.9 Å². The molecule has 4 aliphatic rings. The van der Waals surface area contributed by atoms with Crippen molar-refractivity contribution >= 4 is 121 Å². The first-order chi connectivity index (χ1) is 46.7. The highest BCUT2D eigenvalue weighted by Crippen LogP contribution is 2.35. The van der Waals surface area contributed by atoms with Crippen molar-refractivity contribution in [3.8, 4) is 0 Å². The Labute approximate surface area is 587 Å². The number of anilines is 1. The maximum atomic E-state index is 15.1. The molecule has 2 saturated heterocycles. The van der Waals surface area contributed by atoms with Crippen molar-refractivity contribution in [1.29, 1.82) is 0 Å². The molecule has 29 nitrogen and oxygen atoms in total. The van der Waals surface area contributed by atoms with Crippen LogP contribution < -0.4 is 42.5 Å². The van der Waals surface area contributed by atoms with E-state index in [0.29, 0.717) is 28.6 Å². The van der Waals surface area contributed by atoms with Crippen LogP contribution in [0.15, 0.2) is 53.6 Å². The summed E-state index contributed by atoms with van der Waals surface area (Å²) in [5, 5.41) is 53.1. The van der Waals surface area contributed by atoms with E-state index in [1.807, 2.05) is 20.8 Å². The van der Waals surface area contributed by atoms with Crippen molar-refractivity contribution in [2.24, 2.45) is 35.5 Å². The summed E-state index contributed by atoms with van der Waals surface area (Å²) in [7, 11) is -2.32. The number of nitrogens with one attached hydrogen (secondary N) is 9. The van der Waals surface area contributed by atoms with Crippen LogP contribution in [0.3, 0.4) is 0 Å². The summed E-state index contributed by atoms with van der Waals surface area (Å²) in [5.74, 6) is -17.2. The number of nitrogens with zero attached hydrogens (tertiary/aromatic N) is 2. The minimum Gasteiger partial charge on any atom is -0.394 e. The SMILES string of the molecule is C.CC[C@H](C)[C@@H]1NC(=O)CNC(=O)[C@H]2CC(=O)[C@H]([C@@H](C)[C@@H](O)CO)NC(=O)[C@@H]3C[C@@H](O)CN3C(=O)[C@H](CC(=O)NCc3ccc(NC(=O)[C@H](C)CC(=O)[C@@H](NC(=O)CCN4C(=O)CC(SC(C)(C)C)C4=O)C(C)C)cc3)CC(=O)[C@H](CS(=O)c3[nH]c4ccccc4c3C2)NC(=O)CNC1=O. The largest absolute Gasteiger partial charge is 0.394 e. The van der Waals surface area contributed by atoms with Crippen LogP contribution in [0, 0.1) is 35.5 Å². The molecule has 4 aliphatic heterocycles. The number of para-hydroxylation sites is 1. The first-order valence-corrected chi connectivity index (χ1v) is 35.6.